The molecule has 1 amide bonds. The highest BCUT2D eigenvalue weighted by atomic mass is 16.5. The Balaban J connectivity index is 2.14. The molecule has 1 aromatic heterocycles. The van der Waals surface area contributed by atoms with E-state index in [9.17, 15) is 4.79 Å². The maximum atomic E-state index is 12.4. The zero-order valence-corrected chi connectivity index (χ0v) is 14.1. The molecule has 1 aliphatic carbocycles. The van der Waals surface area contributed by atoms with Crippen molar-refractivity contribution >= 4 is 22.5 Å². The predicted molar refractivity (Wildman–Crippen MR) is 92.4 cm³/mol. The van der Waals surface area contributed by atoms with Crippen LogP contribution in [0.15, 0.2) is 18.3 Å². The highest BCUT2D eigenvalue weighted by Crippen LogP contribution is 2.35. The van der Waals surface area contributed by atoms with Gasteiger partial charge in [0.15, 0.2) is 0 Å². The smallest absolute Gasteiger partial charge is 0.255 e. The van der Waals surface area contributed by atoms with E-state index in [1.807, 2.05) is 13.1 Å². The lowest BCUT2D eigenvalue weighted by Gasteiger charge is -2.16. The van der Waals surface area contributed by atoms with Crippen LogP contribution >= 0.6 is 0 Å². The average molecular weight is 313 g/mol. The molecule has 1 fully saturated rings. The van der Waals surface area contributed by atoms with Crippen LogP contribution in [0, 0.1) is 0 Å². The molecule has 1 aromatic carbocycles. The van der Waals surface area contributed by atoms with Crippen LogP contribution in [0.3, 0.4) is 0 Å². The molecule has 0 atom stereocenters. The van der Waals surface area contributed by atoms with Gasteiger partial charge in [0.1, 0.15) is 5.75 Å². The van der Waals surface area contributed by atoms with Crippen molar-refractivity contribution in [3.05, 3.63) is 29.5 Å². The van der Waals surface area contributed by atoms with Crippen LogP contribution in [-0.4, -0.2) is 31.1 Å². The number of hydrogen-bond donors (Lipinski definition) is 2. The van der Waals surface area contributed by atoms with Gasteiger partial charge in [-0.05, 0) is 30.4 Å². The lowest BCUT2D eigenvalue weighted by Crippen LogP contribution is -2.26. The summed E-state index contributed by atoms with van der Waals surface area (Å²) in [5.74, 6) is 1.09. The normalized spacial score (nSPS) is 14.1. The quantitative estimate of drug-likeness (QED) is 0.889. The number of benzene rings is 1. The van der Waals surface area contributed by atoms with Gasteiger partial charge in [-0.1, -0.05) is 13.8 Å². The molecule has 2 N–H and O–H groups in total. The van der Waals surface area contributed by atoms with E-state index in [-0.39, 0.29) is 5.91 Å². The number of nitrogens with zero attached hydrogens (tertiary/aromatic N) is 1. The Morgan fingerprint density at radius 1 is 1.35 bits per heavy atom. The van der Waals surface area contributed by atoms with E-state index in [1.165, 1.54) is 0 Å². The summed E-state index contributed by atoms with van der Waals surface area (Å²) in [7, 11) is 3.51. The molecule has 0 bridgehead atoms. The molecule has 0 unspecified atom stereocenters. The first-order valence-electron chi connectivity index (χ1n) is 8.04. The molecule has 1 aliphatic rings. The molecule has 2 aromatic rings. The second kappa shape index (κ2) is 6.07. The minimum Gasteiger partial charge on any atom is -0.496 e. The summed E-state index contributed by atoms with van der Waals surface area (Å²) >= 11 is 0. The fourth-order valence-electron chi connectivity index (χ4n) is 2.80. The second-order valence-electron chi connectivity index (χ2n) is 6.31. The van der Waals surface area contributed by atoms with Gasteiger partial charge < -0.3 is 15.4 Å². The van der Waals surface area contributed by atoms with Crippen molar-refractivity contribution in [2.75, 3.05) is 19.5 Å². The molecular weight excluding hydrogens is 290 g/mol. The Morgan fingerprint density at radius 3 is 2.65 bits per heavy atom. The van der Waals surface area contributed by atoms with E-state index in [0.29, 0.717) is 17.5 Å². The zero-order valence-electron chi connectivity index (χ0n) is 14.1. The lowest BCUT2D eigenvalue weighted by atomic mass is 9.98. The molecule has 0 saturated heterocycles. The third kappa shape index (κ3) is 2.96. The maximum absolute atomic E-state index is 12.4. The van der Waals surface area contributed by atoms with Crippen LogP contribution in [0.4, 0.5) is 5.69 Å². The highest BCUT2D eigenvalue weighted by Gasteiger charge is 2.25. The number of pyridine rings is 1. The number of carbonyl (C=O) groups is 1. The fraction of sp³-hybridized carbons (Fsp3) is 0.444. The molecule has 5 heteroatoms. The van der Waals surface area contributed by atoms with Crippen LogP contribution in [0.2, 0.25) is 0 Å². The van der Waals surface area contributed by atoms with Gasteiger partial charge in [0.05, 0.1) is 23.9 Å². The summed E-state index contributed by atoms with van der Waals surface area (Å²) in [4.78, 5) is 16.9. The Bertz CT molecular complexity index is 752. The van der Waals surface area contributed by atoms with Crippen LogP contribution in [0.5, 0.6) is 5.75 Å². The SMILES string of the molecule is CNc1c(C(=O)NC2CC2)cnc2cc(OC)c(C(C)C)cc12. The summed E-state index contributed by atoms with van der Waals surface area (Å²) in [6.45, 7) is 4.25. The molecule has 23 heavy (non-hydrogen) atoms. The first-order chi connectivity index (χ1) is 11.0. The number of amides is 1. The number of ether oxygens (including phenoxy) is 1. The van der Waals surface area contributed by atoms with Crippen molar-refractivity contribution in [1.82, 2.24) is 10.3 Å². The second-order valence-corrected chi connectivity index (χ2v) is 6.31. The van der Waals surface area contributed by atoms with Gasteiger partial charge in [-0.25, -0.2) is 0 Å². The number of anilines is 1. The van der Waals surface area contributed by atoms with Gasteiger partial charge in [-0.3, -0.25) is 9.78 Å². The van der Waals surface area contributed by atoms with E-state index in [4.69, 9.17) is 4.74 Å². The number of methoxy groups -OCH3 is 1. The first-order valence-corrected chi connectivity index (χ1v) is 8.04. The monoisotopic (exact) mass is 313 g/mol. The zero-order chi connectivity index (χ0) is 16.6. The van der Waals surface area contributed by atoms with E-state index < -0.39 is 0 Å². The van der Waals surface area contributed by atoms with Gasteiger partial charge >= 0.3 is 0 Å². The first kappa shape index (κ1) is 15.6. The third-order valence-corrected chi connectivity index (χ3v) is 4.25. The van der Waals surface area contributed by atoms with Gasteiger partial charge in [0, 0.05) is 30.7 Å². The summed E-state index contributed by atoms with van der Waals surface area (Å²) in [6, 6.07) is 4.34. The highest BCUT2D eigenvalue weighted by molar-refractivity contribution is 6.07. The number of hydrogen-bond acceptors (Lipinski definition) is 4. The standard InChI is InChI=1S/C18H23N3O2/c1-10(2)12-7-13-15(8-16(12)23-4)20-9-14(17(13)19-3)18(22)21-11-5-6-11/h7-11H,5-6H2,1-4H3,(H,19,20)(H,21,22). The molecule has 1 heterocycles. The van der Waals surface area contributed by atoms with Crippen LogP contribution in [0.1, 0.15) is 48.5 Å². The molecule has 0 radical (unpaired) electrons. The molecule has 3 rings (SSSR count). The minimum atomic E-state index is -0.0619. The van der Waals surface area contributed by atoms with E-state index in [0.717, 1.165) is 40.7 Å². The number of rotatable bonds is 5. The largest absolute Gasteiger partial charge is 0.496 e. The Morgan fingerprint density at radius 2 is 2.09 bits per heavy atom. The topological polar surface area (TPSA) is 63.2 Å². The predicted octanol–water partition coefficient (Wildman–Crippen LogP) is 3.30. The number of nitrogens with one attached hydrogen (secondary N) is 2. The van der Waals surface area contributed by atoms with Crippen molar-refractivity contribution in [2.45, 2.75) is 38.6 Å². The molecule has 1 saturated carbocycles. The van der Waals surface area contributed by atoms with Crippen LogP contribution in [-0.2, 0) is 0 Å². The van der Waals surface area contributed by atoms with Gasteiger partial charge in [0.2, 0.25) is 0 Å². The van der Waals surface area contributed by atoms with Gasteiger partial charge in [0.25, 0.3) is 5.91 Å². The van der Waals surface area contributed by atoms with Crippen molar-refractivity contribution in [3.63, 3.8) is 0 Å². The van der Waals surface area contributed by atoms with Crippen molar-refractivity contribution in [1.29, 1.82) is 0 Å². The van der Waals surface area contributed by atoms with Gasteiger partial charge in [-0.2, -0.15) is 0 Å². The Labute approximate surface area is 136 Å². The Kier molecular flexibility index (Phi) is 4.11. The Hall–Kier alpha value is -2.30. The minimum absolute atomic E-state index is 0.0619. The van der Waals surface area contributed by atoms with Crippen molar-refractivity contribution < 1.29 is 9.53 Å². The van der Waals surface area contributed by atoms with E-state index >= 15 is 0 Å². The molecule has 122 valence electrons. The van der Waals surface area contributed by atoms with Crippen LogP contribution < -0.4 is 15.4 Å². The number of aromatic nitrogens is 1. The average Bonchev–Trinajstić information content (AvgIpc) is 3.35. The van der Waals surface area contributed by atoms with Crippen molar-refractivity contribution in [2.24, 2.45) is 0 Å². The van der Waals surface area contributed by atoms with Gasteiger partial charge in [-0.15, -0.1) is 0 Å². The number of fused-ring (bicyclic) bond motifs is 1. The summed E-state index contributed by atoms with van der Waals surface area (Å²) < 4.78 is 5.49. The molecule has 0 spiro atoms. The van der Waals surface area contributed by atoms with E-state index in [2.05, 4.69) is 35.5 Å². The summed E-state index contributed by atoms with van der Waals surface area (Å²) in [5, 5.41) is 7.15. The van der Waals surface area contributed by atoms with Crippen LogP contribution in [0.25, 0.3) is 10.9 Å². The van der Waals surface area contributed by atoms with Crippen molar-refractivity contribution in [3.8, 4) is 5.75 Å². The molecule has 0 aliphatic heterocycles. The summed E-state index contributed by atoms with van der Waals surface area (Å²) in [6.07, 6.45) is 3.77. The fourth-order valence-corrected chi connectivity index (χ4v) is 2.80. The van der Waals surface area contributed by atoms with E-state index in [1.54, 1.807) is 13.3 Å². The lowest BCUT2D eigenvalue weighted by molar-refractivity contribution is 0.0951. The molecule has 5 nitrogen and oxygen atoms in total. The summed E-state index contributed by atoms with van der Waals surface area (Å²) in [5.41, 5.74) is 3.33. The molecular formula is C18H23N3O2. The third-order valence-electron chi connectivity index (χ3n) is 4.25. The maximum Gasteiger partial charge on any atom is 0.255 e. The number of carbonyl (C=O) groups excluding carboxylic acids is 1.